The molecule has 1 rings (SSSR count). The van der Waals surface area contributed by atoms with Gasteiger partial charge in [-0.15, -0.1) is 0 Å². The molecule has 0 unspecified atom stereocenters. The average molecular weight is 292 g/mol. The van der Waals surface area contributed by atoms with Crippen molar-refractivity contribution in [2.75, 3.05) is 11.9 Å². The second kappa shape index (κ2) is 7.67. The Labute approximate surface area is 126 Å². The van der Waals surface area contributed by atoms with Crippen molar-refractivity contribution in [1.82, 2.24) is 5.32 Å². The predicted molar refractivity (Wildman–Crippen MR) is 83.5 cm³/mol. The minimum Gasteiger partial charge on any atom is -0.444 e. The molecule has 0 aliphatic rings. The molecule has 0 saturated heterocycles. The van der Waals surface area contributed by atoms with Gasteiger partial charge < -0.3 is 10.1 Å². The van der Waals surface area contributed by atoms with E-state index in [9.17, 15) is 9.59 Å². The van der Waals surface area contributed by atoms with Crippen molar-refractivity contribution in [2.24, 2.45) is 0 Å². The standard InChI is InChI=1S/C16H24N2O3/c1-5-6-10-17-14(19)12-8-7-9-13(11-12)18-15(20)21-16(2,3)4/h7-9,11H,5-6,10H2,1-4H3,(H,17,19)(H,18,20). The number of rotatable bonds is 5. The van der Waals surface area contributed by atoms with E-state index in [-0.39, 0.29) is 5.91 Å². The van der Waals surface area contributed by atoms with E-state index in [4.69, 9.17) is 4.74 Å². The average Bonchev–Trinajstić information content (AvgIpc) is 2.36. The lowest BCUT2D eigenvalue weighted by Gasteiger charge is -2.19. The summed E-state index contributed by atoms with van der Waals surface area (Å²) in [7, 11) is 0. The number of carbonyl (C=O) groups excluding carboxylic acids is 2. The number of unbranched alkanes of at least 4 members (excludes halogenated alkanes) is 1. The van der Waals surface area contributed by atoms with Gasteiger partial charge in [0.1, 0.15) is 5.60 Å². The predicted octanol–water partition coefficient (Wildman–Crippen LogP) is 3.56. The number of ether oxygens (including phenoxy) is 1. The fourth-order valence-electron chi connectivity index (χ4n) is 1.64. The molecule has 1 aromatic rings. The van der Waals surface area contributed by atoms with E-state index in [0.29, 0.717) is 17.8 Å². The van der Waals surface area contributed by atoms with E-state index >= 15 is 0 Å². The minimum atomic E-state index is -0.556. The molecule has 2 amide bonds. The Morgan fingerprint density at radius 2 is 1.95 bits per heavy atom. The summed E-state index contributed by atoms with van der Waals surface area (Å²) in [6.07, 6.45) is 1.44. The van der Waals surface area contributed by atoms with Crippen molar-refractivity contribution in [1.29, 1.82) is 0 Å². The number of anilines is 1. The van der Waals surface area contributed by atoms with Crippen LogP contribution in [0.4, 0.5) is 10.5 Å². The summed E-state index contributed by atoms with van der Waals surface area (Å²) < 4.78 is 5.17. The summed E-state index contributed by atoms with van der Waals surface area (Å²) in [5.41, 5.74) is 0.492. The van der Waals surface area contributed by atoms with Gasteiger partial charge in [0.15, 0.2) is 0 Å². The highest BCUT2D eigenvalue weighted by Gasteiger charge is 2.16. The highest BCUT2D eigenvalue weighted by Crippen LogP contribution is 2.13. The first kappa shape index (κ1) is 17.0. The molecule has 0 aromatic heterocycles. The Morgan fingerprint density at radius 3 is 2.57 bits per heavy atom. The summed E-state index contributed by atoms with van der Waals surface area (Å²) in [5.74, 6) is -0.142. The molecular formula is C16H24N2O3. The molecule has 0 radical (unpaired) electrons. The van der Waals surface area contributed by atoms with Crippen LogP contribution in [-0.2, 0) is 4.74 Å². The van der Waals surface area contributed by atoms with E-state index in [0.717, 1.165) is 12.8 Å². The van der Waals surface area contributed by atoms with E-state index in [2.05, 4.69) is 17.6 Å². The molecule has 0 atom stereocenters. The summed E-state index contributed by atoms with van der Waals surface area (Å²) in [6.45, 7) is 8.11. The molecule has 5 nitrogen and oxygen atoms in total. The van der Waals surface area contributed by atoms with Crippen molar-refractivity contribution in [3.8, 4) is 0 Å². The monoisotopic (exact) mass is 292 g/mol. The number of benzene rings is 1. The molecule has 0 heterocycles. The maximum atomic E-state index is 11.9. The quantitative estimate of drug-likeness (QED) is 0.815. The molecule has 0 spiro atoms. The van der Waals surface area contributed by atoms with Gasteiger partial charge in [0, 0.05) is 17.8 Å². The highest BCUT2D eigenvalue weighted by molar-refractivity contribution is 5.96. The summed E-state index contributed by atoms with van der Waals surface area (Å²) in [4.78, 5) is 23.6. The highest BCUT2D eigenvalue weighted by atomic mass is 16.6. The number of carbonyl (C=O) groups is 2. The SMILES string of the molecule is CCCCNC(=O)c1cccc(NC(=O)OC(C)(C)C)c1. The Bertz CT molecular complexity index is 493. The third kappa shape index (κ3) is 6.79. The molecule has 0 aliphatic heterocycles. The van der Waals surface area contributed by atoms with Gasteiger partial charge in [-0.05, 0) is 45.4 Å². The molecule has 116 valence electrons. The van der Waals surface area contributed by atoms with Crippen LogP contribution in [0.25, 0.3) is 0 Å². The fourth-order valence-corrected chi connectivity index (χ4v) is 1.64. The van der Waals surface area contributed by atoms with Crippen LogP contribution in [0.1, 0.15) is 50.9 Å². The van der Waals surface area contributed by atoms with Gasteiger partial charge >= 0.3 is 6.09 Å². The van der Waals surface area contributed by atoms with Crippen LogP contribution < -0.4 is 10.6 Å². The Balaban J connectivity index is 2.63. The van der Waals surface area contributed by atoms with Crippen molar-refractivity contribution in [2.45, 2.75) is 46.1 Å². The zero-order valence-electron chi connectivity index (χ0n) is 13.2. The van der Waals surface area contributed by atoms with Gasteiger partial charge in [-0.3, -0.25) is 10.1 Å². The van der Waals surface area contributed by atoms with Crippen molar-refractivity contribution < 1.29 is 14.3 Å². The fraction of sp³-hybridized carbons (Fsp3) is 0.500. The van der Waals surface area contributed by atoms with Gasteiger partial charge in [0.2, 0.25) is 0 Å². The third-order valence-electron chi connectivity index (χ3n) is 2.59. The molecule has 5 heteroatoms. The molecule has 0 aliphatic carbocycles. The van der Waals surface area contributed by atoms with E-state index < -0.39 is 11.7 Å². The largest absolute Gasteiger partial charge is 0.444 e. The maximum Gasteiger partial charge on any atom is 0.412 e. The maximum absolute atomic E-state index is 11.9. The topological polar surface area (TPSA) is 67.4 Å². The summed E-state index contributed by atoms with van der Waals surface area (Å²) in [6, 6.07) is 6.78. The molecular weight excluding hydrogens is 268 g/mol. The second-order valence-electron chi connectivity index (χ2n) is 5.82. The van der Waals surface area contributed by atoms with Crippen LogP contribution in [0.15, 0.2) is 24.3 Å². The number of nitrogens with one attached hydrogen (secondary N) is 2. The van der Waals surface area contributed by atoms with E-state index in [1.807, 2.05) is 0 Å². The Kier molecular flexibility index (Phi) is 6.21. The van der Waals surface area contributed by atoms with Crippen molar-refractivity contribution >= 4 is 17.7 Å². The van der Waals surface area contributed by atoms with Gasteiger partial charge in [-0.25, -0.2) is 4.79 Å². The van der Waals surface area contributed by atoms with Gasteiger partial charge in [0.05, 0.1) is 0 Å². The van der Waals surface area contributed by atoms with Crippen molar-refractivity contribution in [3.63, 3.8) is 0 Å². The van der Waals surface area contributed by atoms with Gasteiger partial charge in [-0.2, -0.15) is 0 Å². The van der Waals surface area contributed by atoms with Gasteiger partial charge in [0.25, 0.3) is 5.91 Å². The molecule has 0 fully saturated rings. The molecule has 21 heavy (non-hydrogen) atoms. The number of hydrogen-bond acceptors (Lipinski definition) is 3. The number of hydrogen-bond donors (Lipinski definition) is 2. The zero-order valence-corrected chi connectivity index (χ0v) is 13.2. The van der Waals surface area contributed by atoms with Crippen LogP contribution in [0.5, 0.6) is 0 Å². The zero-order chi connectivity index (χ0) is 15.9. The van der Waals surface area contributed by atoms with Crippen molar-refractivity contribution in [3.05, 3.63) is 29.8 Å². The summed E-state index contributed by atoms with van der Waals surface area (Å²) in [5, 5.41) is 5.46. The Morgan fingerprint density at radius 1 is 1.24 bits per heavy atom. The van der Waals surface area contributed by atoms with Gasteiger partial charge in [-0.1, -0.05) is 19.4 Å². The third-order valence-corrected chi connectivity index (χ3v) is 2.59. The normalized spacial score (nSPS) is 10.9. The van der Waals surface area contributed by atoms with Crippen LogP contribution >= 0.6 is 0 Å². The summed E-state index contributed by atoms with van der Waals surface area (Å²) >= 11 is 0. The van der Waals surface area contributed by atoms with Crippen LogP contribution in [0, 0.1) is 0 Å². The first-order valence-corrected chi connectivity index (χ1v) is 7.20. The van der Waals surface area contributed by atoms with Crippen LogP contribution in [0.2, 0.25) is 0 Å². The number of amides is 2. The lowest BCUT2D eigenvalue weighted by Crippen LogP contribution is -2.27. The van der Waals surface area contributed by atoms with Crippen LogP contribution in [0.3, 0.4) is 0 Å². The lowest BCUT2D eigenvalue weighted by atomic mass is 10.2. The molecule has 1 aromatic carbocycles. The van der Waals surface area contributed by atoms with E-state index in [1.165, 1.54) is 0 Å². The second-order valence-corrected chi connectivity index (χ2v) is 5.82. The van der Waals surface area contributed by atoms with Crippen LogP contribution in [-0.4, -0.2) is 24.1 Å². The first-order valence-electron chi connectivity index (χ1n) is 7.20. The molecule has 0 saturated carbocycles. The first-order chi connectivity index (χ1) is 9.81. The Hall–Kier alpha value is -2.04. The lowest BCUT2D eigenvalue weighted by molar-refractivity contribution is 0.0635. The molecule has 0 bridgehead atoms. The van der Waals surface area contributed by atoms with E-state index in [1.54, 1.807) is 45.0 Å². The molecule has 2 N–H and O–H groups in total. The minimum absolute atomic E-state index is 0.142. The smallest absolute Gasteiger partial charge is 0.412 e.